The van der Waals surface area contributed by atoms with Crippen molar-refractivity contribution in [2.24, 2.45) is 5.92 Å². The van der Waals surface area contributed by atoms with E-state index in [0.29, 0.717) is 0 Å². The molecule has 36 heavy (non-hydrogen) atoms. The Hall–Kier alpha value is 0. The van der Waals surface area contributed by atoms with Crippen LogP contribution in [0.5, 0.6) is 0 Å². The molecule has 0 bridgehead atoms. The highest BCUT2D eigenvalue weighted by atomic mass is 14.1. The molecule has 0 aromatic carbocycles. The molecule has 218 valence electrons. The fourth-order valence-corrected chi connectivity index (χ4v) is 6.02. The second kappa shape index (κ2) is 33.0. The maximum atomic E-state index is 2.35. The van der Waals surface area contributed by atoms with E-state index in [0.717, 1.165) is 5.92 Å². The largest absolute Gasteiger partial charge is 0.0654 e. The third-order valence-corrected chi connectivity index (χ3v) is 8.65. The molecule has 0 heterocycles. The predicted molar refractivity (Wildman–Crippen MR) is 168 cm³/mol. The second-order valence-corrected chi connectivity index (χ2v) is 12.4. The highest BCUT2D eigenvalue weighted by Crippen LogP contribution is 2.24. The Morgan fingerprint density at radius 3 is 0.639 bits per heavy atom. The molecular formula is C36H74. The molecule has 0 saturated carbocycles. The van der Waals surface area contributed by atoms with Crippen molar-refractivity contribution in [3.8, 4) is 0 Å². The molecule has 0 aliphatic rings. The Labute approximate surface area is 232 Å². The summed E-state index contributed by atoms with van der Waals surface area (Å²) in [5.41, 5.74) is 0. The Bertz CT molecular complexity index is 359. The molecule has 0 aliphatic carbocycles. The Morgan fingerprint density at radius 1 is 0.222 bits per heavy atom. The molecular weight excluding hydrogens is 432 g/mol. The fourth-order valence-electron chi connectivity index (χ4n) is 6.02. The van der Waals surface area contributed by atoms with Crippen LogP contribution in [0.2, 0.25) is 0 Å². The summed E-state index contributed by atoms with van der Waals surface area (Å²) in [5, 5.41) is 0. The average Bonchev–Trinajstić information content (AvgIpc) is 2.89. The van der Waals surface area contributed by atoms with Gasteiger partial charge in [-0.05, 0) is 5.92 Å². The van der Waals surface area contributed by atoms with E-state index in [1.807, 2.05) is 0 Å². The van der Waals surface area contributed by atoms with Crippen LogP contribution in [-0.4, -0.2) is 0 Å². The maximum Gasteiger partial charge on any atom is -0.0414 e. The summed E-state index contributed by atoms with van der Waals surface area (Å²) in [6, 6.07) is 0. The molecule has 1 unspecified atom stereocenters. The third kappa shape index (κ3) is 30.2. The Balaban J connectivity index is 3.53. The first-order valence-electron chi connectivity index (χ1n) is 17.8. The average molecular weight is 507 g/mol. The van der Waals surface area contributed by atoms with Crippen LogP contribution in [-0.2, 0) is 0 Å². The van der Waals surface area contributed by atoms with Crippen molar-refractivity contribution in [2.75, 3.05) is 0 Å². The van der Waals surface area contributed by atoms with E-state index in [9.17, 15) is 0 Å². The van der Waals surface area contributed by atoms with E-state index in [2.05, 4.69) is 20.8 Å². The molecule has 0 aromatic heterocycles. The van der Waals surface area contributed by atoms with Crippen molar-refractivity contribution < 1.29 is 0 Å². The first kappa shape index (κ1) is 36.0. The fraction of sp³-hybridized carbons (Fsp3) is 1.00. The number of hydrogen-bond acceptors (Lipinski definition) is 0. The molecule has 0 nitrogen and oxygen atoms in total. The minimum absolute atomic E-state index is 1.04. The minimum atomic E-state index is 1.04. The lowest BCUT2D eigenvalue weighted by atomic mass is 9.89. The van der Waals surface area contributed by atoms with E-state index in [-0.39, 0.29) is 0 Å². The highest BCUT2D eigenvalue weighted by Gasteiger charge is 2.08. The molecule has 0 amide bonds. The van der Waals surface area contributed by atoms with Crippen LogP contribution >= 0.6 is 0 Å². The van der Waals surface area contributed by atoms with Gasteiger partial charge in [0.15, 0.2) is 0 Å². The predicted octanol–water partition coefficient (Wildman–Crippen LogP) is 14.1. The van der Waals surface area contributed by atoms with E-state index >= 15 is 0 Å². The zero-order chi connectivity index (χ0) is 26.2. The van der Waals surface area contributed by atoms with Crippen molar-refractivity contribution in [3.63, 3.8) is 0 Å². The summed E-state index contributed by atoms with van der Waals surface area (Å²) in [7, 11) is 0. The third-order valence-electron chi connectivity index (χ3n) is 8.65. The summed E-state index contributed by atoms with van der Waals surface area (Å²) in [4.78, 5) is 0. The van der Waals surface area contributed by atoms with Crippen LogP contribution in [0.25, 0.3) is 0 Å². The van der Waals surface area contributed by atoms with Gasteiger partial charge in [-0.15, -0.1) is 0 Å². The maximum absolute atomic E-state index is 2.35. The van der Waals surface area contributed by atoms with Gasteiger partial charge in [-0.3, -0.25) is 0 Å². The summed E-state index contributed by atoms with van der Waals surface area (Å²) in [6.07, 6.45) is 47.3. The van der Waals surface area contributed by atoms with Gasteiger partial charge in [-0.2, -0.15) is 0 Å². The normalized spacial score (nSPS) is 12.4. The van der Waals surface area contributed by atoms with Crippen LogP contribution < -0.4 is 0 Å². The number of unbranched alkanes of at least 4 members (excludes halogenated alkanes) is 26. The van der Waals surface area contributed by atoms with Crippen LogP contribution in [0.15, 0.2) is 0 Å². The van der Waals surface area contributed by atoms with Crippen LogP contribution in [0.4, 0.5) is 0 Å². The minimum Gasteiger partial charge on any atom is -0.0654 e. The van der Waals surface area contributed by atoms with Crippen LogP contribution in [0.3, 0.4) is 0 Å². The lowest BCUT2D eigenvalue weighted by Crippen LogP contribution is -2.01. The zero-order valence-electron chi connectivity index (χ0n) is 26.2. The van der Waals surface area contributed by atoms with Gasteiger partial charge in [0.2, 0.25) is 0 Å². The molecule has 0 radical (unpaired) electrons. The first-order valence-corrected chi connectivity index (χ1v) is 17.8. The molecule has 0 fully saturated rings. The quantitative estimate of drug-likeness (QED) is 0.0795. The van der Waals surface area contributed by atoms with Crippen molar-refractivity contribution in [1.82, 2.24) is 0 Å². The van der Waals surface area contributed by atoms with E-state index in [1.165, 1.54) is 205 Å². The molecule has 0 N–H and O–H groups in total. The van der Waals surface area contributed by atoms with Crippen molar-refractivity contribution in [1.29, 1.82) is 0 Å². The lowest BCUT2D eigenvalue weighted by Gasteiger charge is -2.17. The number of hydrogen-bond donors (Lipinski definition) is 0. The van der Waals surface area contributed by atoms with Gasteiger partial charge in [0.1, 0.15) is 0 Å². The number of rotatable bonds is 32. The van der Waals surface area contributed by atoms with Gasteiger partial charge in [0, 0.05) is 0 Å². The van der Waals surface area contributed by atoms with E-state index in [4.69, 9.17) is 0 Å². The molecule has 0 heteroatoms. The second-order valence-electron chi connectivity index (χ2n) is 12.4. The zero-order valence-corrected chi connectivity index (χ0v) is 26.2. The van der Waals surface area contributed by atoms with E-state index < -0.39 is 0 Å². The van der Waals surface area contributed by atoms with Gasteiger partial charge in [-0.1, -0.05) is 226 Å². The smallest absolute Gasteiger partial charge is 0.0414 e. The van der Waals surface area contributed by atoms with Crippen molar-refractivity contribution >= 4 is 0 Å². The lowest BCUT2D eigenvalue weighted by molar-refractivity contribution is 0.367. The summed E-state index contributed by atoms with van der Waals surface area (Å²) in [5.74, 6) is 1.04. The van der Waals surface area contributed by atoms with Crippen molar-refractivity contribution in [3.05, 3.63) is 0 Å². The topological polar surface area (TPSA) is 0 Å². The molecule has 0 rings (SSSR count). The molecule has 0 aliphatic heterocycles. The molecule has 1 atom stereocenters. The van der Waals surface area contributed by atoms with Gasteiger partial charge >= 0.3 is 0 Å². The van der Waals surface area contributed by atoms with Gasteiger partial charge in [0.25, 0.3) is 0 Å². The standard InChI is InChI=1S/C36H74/c1-4-7-10-12-14-16-18-19-20-21-22-23-25-27-29-32-35-36(33-30-9-6-3)34-31-28-26-24-17-15-13-11-8-5-2/h36H,4-35H2,1-3H3. The Morgan fingerprint density at radius 2 is 0.389 bits per heavy atom. The molecule has 0 spiro atoms. The monoisotopic (exact) mass is 507 g/mol. The van der Waals surface area contributed by atoms with E-state index in [1.54, 1.807) is 0 Å². The Kier molecular flexibility index (Phi) is 33.0. The van der Waals surface area contributed by atoms with Gasteiger partial charge in [-0.25, -0.2) is 0 Å². The molecule has 0 aromatic rings. The molecule has 0 saturated heterocycles. The van der Waals surface area contributed by atoms with Gasteiger partial charge < -0.3 is 0 Å². The summed E-state index contributed by atoms with van der Waals surface area (Å²) < 4.78 is 0. The van der Waals surface area contributed by atoms with Gasteiger partial charge in [0.05, 0.1) is 0 Å². The summed E-state index contributed by atoms with van der Waals surface area (Å²) >= 11 is 0. The SMILES string of the molecule is CCCCCCCCCCCCCCCCCCC(CCCCC)CCCCCCCCCCCC. The first-order chi connectivity index (χ1) is 17.8. The highest BCUT2D eigenvalue weighted by molar-refractivity contribution is 4.62. The van der Waals surface area contributed by atoms with Crippen molar-refractivity contribution in [2.45, 2.75) is 226 Å². The van der Waals surface area contributed by atoms with Crippen LogP contribution in [0.1, 0.15) is 226 Å². The van der Waals surface area contributed by atoms with Crippen LogP contribution in [0, 0.1) is 5.92 Å². The summed E-state index contributed by atoms with van der Waals surface area (Å²) in [6.45, 7) is 6.98.